The second-order valence-electron chi connectivity index (χ2n) is 5.71. The first-order chi connectivity index (χ1) is 12.1. The first-order valence-electron chi connectivity index (χ1n) is 8.03. The Morgan fingerprint density at radius 2 is 2.00 bits per heavy atom. The lowest BCUT2D eigenvalue weighted by molar-refractivity contribution is 0.251. The van der Waals surface area contributed by atoms with Crippen molar-refractivity contribution < 1.29 is 4.79 Å². The Balaban J connectivity index is 1.54. The van der Waals surface area contributed by atoms with Crippen LogP contribution < -0.4 is 10.6 Å². The Morgan fingerprint density at radius 3 is 2.76 bits per heavy atom. The molecule has 0 saturated carbocycles. The van der Waals surface area contributed by atoms with Crippen LogP contribution in [0.5, 0.6) is 0 Å². The van der Waals surface area contributed by atoms with Gasteiger partial charge < -0.3 is 15.2 Å². The highest BCUT2D eigenvalue weighted by atomic mass is 16.2. The molecule has 2 aromatic heterocycles. The molecule has 0 atom stereocenters. The predicted octanol–water partition coefficient (Wildman–Crippen LogP) is 2.78. The molecule has 7 heteroatoms. The number of urea groups is 1. The molecule has 1 aromatic carbocycles. The van der Waals surface area contributed by atoms with Crippen LogP contribution in [0.2, 0.25) is 0 Å². The van der Waals surface area contributed by atoms with Gasteiger partial charge in [-0.2, -0.15) is 0 Å². The monoisotopic (exact) mass is 336 g/mol. The number of rotatable bonds is 5. The molecule has 0 aliphatic carbocycles. The van der Waals surface area contributed by atoms with Gasteiger partial charge in [0.15, 0.2) is 5.82 Å². The quantitative estimate of drug-likeness (QED) is 0.750. The van der Waals surface area contributed by atoms with Gasteiger partial charge in [-0.25, -0.2) is 14.8 Å². The van der Waals surface area contributed by atoms with E-state index in [4.69, 9.17) is 0 Å². The first-order valence-corrected chi connectivity index (χ1v) is 8.03. The number of carbonyl (C=O) groups excluding carboxylic acids is 1. The number of nitrogens with zero attached hydrogens (tertiary/aromatic N) is 4. The van der Waals surface area contributed by atoms with Crippen LogP contribution in [0, 0.1) is 13.8 Å². The SMILES string of the molecule is Cc1ccc(NC(=O)NCCn2ccnc2-c2cnccn2)cc1C. The first kappa shape index (κ1) is 16.6. The van der Waals surface area contributed by atoms with E-state index in [1.54, 1.807) is 24.8 Å². The van der Waals surface area contributed by atoms with E-state index < -0.39 is 0 Å². The molecular formula is C18H20N6O. The fourth-order valence-electron chi connectivity index (χ4n) is 2.42. The van der Waals surface area contributed by atoms with E-state index in [1.807, 2.05) is 42.8 Å². The molecule has 0 radical (unpaired) electrons. The molecule has 2 N–H and O–H groups in total. The molecule has 2 heterocycles. The molecule has 0 aliphatic rings. The predicted molar refractivity (Wildman–Crippen MR) is 96.2 cm³/mol. The van der Waals surface area contributed by atoms with Crippen molar-refractivity contribution in [2.75, 3.05) is 11.9 Å². The van der Waals surface area contributed by atoms with Gasteiger partial charge >= 0.3 is 6.03 Å². The summed E-state index contributed by atoms with van der Waals surface area (Å²) < 4.78 is 1.93. The molecule has 25 heavy (non-hydrogen) atoms. The van der Waals surface area contributed by atoms with Crippen molar-refractivity contribution in [3.8, 4) is 11.5 Å². The Kier molecular flexibility index (Phi) is 5.03. The van der Waals surface area contributed by atoms with Gasteiger partial charge in [0.05, 0.1) is 6.20 Å². The summed E-state index contributed by atoms with van der Waals surface area (Å²) in [6.07, 6.45) is 8.48. The summed E-state index contributed by atoms with van der Waals surface area (Å²) in [4.78, 5) is 24.6. The molecule has 0 saturated heterocycles. The maximum absolute atomic E-state index is 12.0. The van der Waals surface area contributed by atoms with Crippen molar-refractivity contribution in [2.24, 2.45) is 0 Å². The minimum atomic E-state index is -0.232. The van der Waals surface area contributed by atoms with Gasteiger partial charge in [-0.1, -0.05) is 6.07 Å². The van der Waals surface area contributed by atoms with Gasteiger partial charge in [0.2, 0.25) is 0 Å². The number of imidazole rings is 1. The van der Waals surface area contributed by atoms with Crippen LogP contribution in [-0.4, -0.2) is 32.1 Å². The Hall–Kier alpha value is -3.22. The van der Waals surface area contributed by atoms with Gasteiger partial charge in [-0.3, -0.25) is 4.98 Å². The third-order valence-corrected chi connectivity index (χ3v) is 3.91. The molecule has 2 amide bonds. The molecule has 3 rings (SSSR count). The second-order valence-corrected chi connectivity index (χ2v) is 5.71. The largest absolute Gasteiger partial charge is 0.336 e. The maximum atomic E-state index is 12.0. The van der Waals surface area contributed by atoms with Crippen molar-refractivity contribution in [3.63, 3.8) is 0 Å². The molecule has 0 fully saturated rings. The van der Waals surface area contributed by atoms with Crippen molar-refractivity contribution in [1.82, 2.24) is 24.8 Å². The number of hydrogen-bond donors (Lipinski definition) is 2. The highest BCUT2D eigenvalue weighted by Crippen LogP contribution is 2.14. The summed E-state index contributed by atoms with van der Waals surface area (Å²) in [5.74, 6) is 0.726. The minimum Gasteiger partial charge on any atom is -0.336 e. The van der Waals surface area contributed by atoms with Crippen molar-refractivity contribution in [1.29, 1.82) is 0 Å². The Morgan fingerprint density at radius 1 is 1.12 bits per heavy atom. The van der Waals surface area contributed by atoms with Crippen LogP contribution in [-0.2, 0) is 6.54 Å². The van der Waals surface area contributed by atoms with Crippen LogP contribution >= 0.6 is 0 Å². The lowest BCUT2D eigenvalue weighted by atomic mass is 10.1. The van der Waals surface area contributed by atoms with E-state index in [0.717, 1.165) is 17.1 Å². The van der Waals surface area contributed by atoms with E-state index in [0.29, 0.717) is 18.8 Å². The molecule has 128 valence electrons. The number of amides is 2. The third kappa shape index (κ3) is 4.20. The smallest absolute Gasteiger partial charge is 0.319 e. The zero-order chi connectivity index (χ0) is 17.6. The number of carbonyl (C=O) groups is 1. The van der Waals surface area contributed by atoms with Crippen LogP contribution in [0.25, 0.3) is 11.5 Å². The van der Waals surface area contributed by atoms with Crippen LogP contribution in [0.1, 0.15) is 11.1 Å². The summed E-state index contributed by atoms with van der Waals surface area (Å²) in [6, 6.07) is 5.61. The number of anilines is 1. The number of hydrogen-bond acceptors (Lipinski definition) is 4. The van der Waals surface area contributed by atoms with Gasteiger partial charge in [-0.05, 0) is 37.1 Å². The summed E-state index contributed by atoms with van der Waals surface area (Å²) in [5, 5.41) is 5.69. The number of aryl methyl sites for hydroxylation is 2. The number of benzene rings is 1. The minimum absolute atomic E-state index is 0.232. The average molecular weight is 336 g/mol. The lowest BCUT2D eigenvalue weighted by Crippen LogP contribution is -2.31. The maximum Gasteiger partial charge on any atom is 0.319 e. The van der Waals surface area contributed by atoms with Crippen LogP contribution in [0.4, 0.5) is 10.5 Å². The summed E-state index contributed by atoms with van der Waals surface area (Å²) in [5.41, 5.74) is 3.82. The fraction of sp³-hybridized carbons (Fsp3) is 0.222. The van der Waals surface area contributed by atoms with Crippen molar-refractivity contribution in [3.05, 3.63) is 60.3 Å². The normalized spacial score (nSPS) is 10.5. The zero-order valence-electron chi connectivity index (χ0n) is 14.2. The highest BCUT2D eigenvalue weighted by molar-refractivity contribution is 5.89. The summed E-state index contributed by atoms with van der Waals surface area (Å²) >= 11 is 0. The van der Waals surface area contributed by atoms with E-state index in [9.17, 15) is 4.79 Å². The van der Waals surface area contributed by atoms with Gasteiger partial charge in [0.25, 0.3) is 0 Å². The van der Waals surface area contributed by atoms with E-state index in [1.165, 1.54) is 5.56 Å². The molecule has 0 spiro atoms. The molecule has 0 unspecified atom stereocenters. The molecule has 0 aliphatic heterocycles. The Labute approximate surface area is 146 Å². The fourth-order valence-corrected chi connectivity index (χ4v) is 2.42. The average Bonchev–Trinajstić information content (AvgIpc) is 3.07. The topological polar surface area (TPSA) is 84.7 Å². The standard InChI is InChI=1S/C18H20N6O/c1-13-3-4-15(11-14(13)2)23-18(25)22-8-10-24-9-7-21-17(24)16-12-19-5-6-20-16/h3-7,9,11-12H,8,10H2,1-2H3,(H2,22,23,25). The highest BCUT2D eigenvalue weighted by Gasteiger charge is 2.08. The molecular weight excluding hydrogens is 316 g/mol. The number of aromatic nitrogens is 4. The van der Waals surface area contributed by atoms with E-state index >= 15 is 0 Å². The summed E-state index contributed by atoms with van der Waals surface area (Å²) in [7, 11) is 0. The van der Waals surface area contributed by atoms with Gasteiger partial charge in [-0.15, -0.1) is 0 Å². The summed E-state index contributed by atoms with van der Waals surface area (Å²) in [6.45, 7) is 5.12. The Bertz CT molecular complexity index is 859. The van der Waals surface area contributed by atoms with Crippen LogP contribution in [0.3, 0.4) is 0 Å². The molecule has 0 bridgehead atoms. The zero-order valence-corrected chi connectivity index (χ0v) is 14.2. The molecule has 7 nitrogen and oxygen atoms in total. The van der Waals surface area contributed by atoms with E-state index in [-0.39, 0.29) is 6.03 Å². The molecule has 3 aromatic rings. The van der Waals surface area contributed by atoms with Crippen molar-refractivity contribution in [2.45, 2.75) is 20.4 Å². The van der Waals surface area contributed by atoms with Crippen LogP contribution in [0.15, 0.2) is 49.2 Å². The third-order valence-electron chi connectivity index (χ3n) is 3.91. The van der Waals surface area contributed by atoms with Gasteiger partial charge in [0.1, 0.15) is 5.69 Å². The van der Waals surface area contributed by atoms with Gasteiger partial charge in [0, 0.05) is 43.6 Å². The van der Waals surface area contributed by atoms with E-state index in [2.05, 4.69) is 25.6 Å². The van der Waals surface area contributed by atoms with Crippen molar-refractivity contribution >= 4 is 11.7 Å². The second kappa shape index (κ2) is 7.57. The lowest BCUT2D eigenvalue weighted by Gasteiger charge is -2.11. The number of nitrogens with one attached hydrogen (secondary N) is 2.